The summed E-state index contributed by atoms with van der Waals surface area (Å²) in [6.07, 6.45) is 2.75. The molecule has 1 aliphatic carbocycles. The third kappa shape index (κ3) is 3.43. The van der Waals surface area contributed by atoms with Crippen LogP contribution in [0.25, 0.3) is 0 Å². The van der Waals surface area contributed by atoms with E-state index in [-0.39, 0.29) is 6.04 Å². The van der Waals surface area contributed by atoms with E-state index >= 15 is 0 Å². The van der Waals surface area contributed by atoms with Gasteiger partial charge in [-0.2, -0.15) is 0 Å². The first-order valence-electron chi connectivity index (χ1n) is 6.32. The van der Waals surface area contributed by atoms with Crippen molar-refractivity contribution in [1.29, 1.82) is 0 Å². The second kappa shape index (κ2) is 5.05. The van der Waals surface area contributed by atoms with Crippen LogP contribution in [0.2, 0.25) is 0 Å². The molecular weight excluding hydrogens is 215 g/mol. The van der Waals surface area contributed by atoms with E-state index in [0.29, 0.717) is 19.4 Å². The van der Waals surface area contributed by atoms with Gasteiger partial charge in [0.15, 0.2) is 0 Å². The molecule has 3 heteroatoms. The van der Waals surface area contributed by atoms with Crippen molar-refractivity contribution in [3.63, 3.8) is 0 Å². The average molecular weight is 236 g/mol. The molecule has 1 aromatic carbocycles. The van der Waals surface area contributed by atoms with Crippen molar-refractivity contribution < 1.29 is 4.39 Å². The smallest absolute Gasteiger partial charge is 0.128 e. The molecular formula is C14H21FN2. The van der Waals surface area contributed by atoms with Crippen molar-refractivity contribution in [2.24, 2.45) is 5.73 Å². The minimum Gasteiger partial charge on any atom is -0.382 e. The summed E-state index contributed by atoms with van der Waals surface area (Å²) in [5.74, 6) is 0. The van der Waals surface area contributed by atoms with Gasteiger partial charge in [0, 0.05) is 18.3 Å². The molecule has 0 aliphatic heterocycles. The Balaban J connectivity index is 1.87. The van der Waals surface area contributed by atoms with Crippen LogP contribution in [0.15, 0.2) is 24.3 Å². The number of nitrogens with two attached hydrogens (primary N) is 1. The lowest BCUT2D eigenvalue weighted by molar-refractivity contribution is 0.113. The maximum Gasteiger partial charge on any atom is 0.128 e. The zero-order chi connectivity index (χ0) is 12.3. The van der Waals surface area contributed by atoms with Crippen LogP contribution in [0.1, 0.15) is 31.2 Å². The number of anilines is 1. The summed E-state index contributed by atoms with van der Waals surface area (Å²) in [5, 5.41) is 3.18. The zero-order valence-electron chi connectivity index (χ0n) is 10.4. The molecule has 0 radical (unpaired) electrons. The Labute approximate surface area is 102 Å². The first kappa shape index (κ1) is 12.4. The maximum atomic E-state index is 14.4. The van der Waals surface area contributed by atoms with Gasteiger partial charge >= 0.3 is 0 Å². The number of hydrogen-bond donors (Lipinski definition) is 2. The lowest BCUT2D eigenvalue weighted by Crippen LogP contribution is -2.40. The summed E-state index contributed by atoms with van der Waals surface area (Å²) < 4.78 is 14.4. The quantitative estimate of drug-likeness (QED) is 0.846. The number of alkyl halides is 1. The normalized spacial score (nSPS) is 29.0. The Morgan fingerprint density at radius 3 is 2.47 bits per heavy atom. The molecule has 0 atom stereocenters. The van der Waals surface area contributed by atoms with Gasteiger partial charge in [-0.25, -0.2) is 4.39 Å². The molecule has 2 nitrogen and oxygen atoms in total. The summed E-state index contributed by atoms with van der Waals surface area (Å²) >= 11 is 0. The van der Waals surface area contributed by atoms with E-state index in [0.717, 1.165) is 18.5 Å². The van der Waals surface area contributed by atoms with Crippen molar-refractivity contribution in [2.75, 3.05) is 11.9 Å². The van der Waals surface area contributed by atoms with E-state index in [1.54, 1.807) is 0 Å². The Morgan fingerprint density at radius 2 is 1.88 bits per heavy atom. The lowest BCUT2D eigenvalue weighted by Gasteiger charge is -2.32. The molecule has 1 fully saturated rings. The minimum atomic E-state index is -1.08. The van der Waals surface area contributed by atoms with Crippen LogP contribution >= 0.6 is 0 Å². The number of nitrogens with one attached hydrogen (secondary N) is 1. The van der Waals surface area contributed by atoms with Gasteiger partial charge in [0.1, 0.15) is 5.67 Å². The van der Waals surface area contributed by atoms with E-state index in [9.17, 15) is 4.39 Å². The van der Waals surface area contributed by atoms with E-state index in [1.165, 1.54) is 5.56 Å². The zero-order valence-corrected chi connectivity index (χ0v) is 10.4. The molecule has 17 heavy (non-hydrogen) atoms. The number of benzene rings is 1. The topological polar surface area (TPSA) is 38.0 Å². The monoisotopic (exact) mass is 236 g/mol. The minimum absolute atomic E-state index is 0.193. The largest absolute Gasteiger partial charge is 0.382 e. The highest BCUT2D eigenvalue weighted by atomic mass is 19.1. The first-order chi connectivity index (χ1) is 8.07. The number of aryl methyl sites for hydroxylation is 1. The molecule has 1 aliphatic rings. The molecule has 0 unspecified atom stereocenters. The lowest BCUT2D eigenvalue weighted by atomic mass is 9.84. The van der Waals surface area contributed by atoms with E-state index in [2.05, 4.69) is 5.32 Å². The third-order valence-electron chi connectivity index (χ3n) is 3.59. The number of halogens is 1. The van der Waals surface area contributed by atoms with Crippen molar-refractivity contribution in [3.05, 3.63) is 29.8 Å². The summed E-state index contributed by atoms with van der Waals surface area (Å²) in [4.78, 5) is 0. The van der Waals surface area contributed by atoms with Gasteiger partial charge in [0.2, 0.25) is 0 Å². The Kier molecular flexibility index (Phi) is 3.67. The van der Waals surface area contributed by atoms with E-state index < -0.39 is 5.67 Å². The Hall–Kier alpha value is -1.09. The van der Waals surface area contributed by atoms with Crippen molar-refractivity contribution in [3.8, 4) is 0 Å². The first-order valence-corrected chi connectivity index (χ1v) is 6.32. The molecule has 1 saturated carbocycles. The van der Waals surface area contributed by atoms with Crippen LogP contribution in [0.3, 0.4) is 0 Å². The second-order valence-corrected chi connectivity index (χ2v) is 5.21. The predicted octanol–water partition coefficient (Wildman–Crippen LogP) is 3.02. The molecule has 94 valence electrons. The predicted molar refractivity (Wildman–Crippen MR) is 70.0 cm³/mol. The van der Waals surface area contributed by atoms with Crippen LogP contribution in [0, 0.1) is 6.92 Å². The molecule has 0 bridgehead atoms. The fourth-order valence-electron chi connectivity index (χ4n) is 2.27. The molecule has 0 spiro atoms. The van der Waals surface area contributed by atoms with Crippen LogP contribution in [-0.2, 0) is 0 Å². The van der Waals surface area contributed by atoms with Crippen LogP contribution in [0.4, 0.5) is 10.1 Å². The highest BCUT2D eigenvalue weighted by Crippen LogP contribution is 2.31. The standard InChI is InChI=1S/C14H21FN2/c1-11-2-4-13(5-3-11)17-10-14(15)8-6-12(16)7-9-14/h2-5,12,17H,6-10,16H2,1H3. The third-order valence-corrected chi connectivity index (χ3v) is 3.59. The maximum absolute atomic E-state index is 14.4. The van der Waals surface area contributed by atoms with Gasteiger partial charge in [0.05, 0.1) is 0 Å². The molecule has 0 aromatic heterocycles. The SMILES string of the molecule is Cc1ccc(NCC2(F)CCC(N)CC2)cc1. The Morgan fingerprint density at radius 1 is 1.29 bits per heavy atom. The molecule has 0 saturated heterocycles. The van der Waals surface area contributed by atoms with Gasteiger partial charge < -0.3 is 11.1 Å². The summed E-state index contributed by atoms with van der Waals surface area (Å²) in [6.45, 7) is 2.44. The second-order valence-electron chi connectivity index (χ2n) is 5.21. The van der Waals surface area contributed by atoms with Crippen molar-refractivity contribution in [1.82, 2.24) is 0 Å². The van der Waals surface area contributed by atoms with Gasteiger partial charge in [-0.05, 0) is 44.7 Å². The fraction of sp³-hybridized carbons (Fsp3) is 0.571. The molecule has 0 heterocycles. The summed E-state index contributed by atoms with van der Waals surface area (Å²) in [7, 11) is 0. The van der Waals surface area contributed by atoms with Crippen LogP contribution < -0.4 is 11.1 Å². The number of hydrogen-bond acceptors (Lipinski definition) is 2. The summed E-state index contributed by atoms with van der Waals surface area (Å²) in [5.41, 5.74) is 6.92. The average Bonchev–Trinajstić information content (AvgIpc) is 2.33. The fourth-order valence-corrected chi connectivity index (χ4v) is 2.27. The van der Waals surface area contributed by atoms with Crippen molar-refractivity contribution >= 4 is 5.69 Å². The molecule has 0 amide bonds. The molecule has 2 rings (SSSR count). The highest BCUT2D eigenvalue weighted by Gasteiger charge is 2.33. The molecule has 3 N–H and O–H groups in total. The number of rotatable bonds is 3. The van der Waals surface area contributed by atoms with Gasteiger partial charge in [0.25, 0.3) is 0 Å². The van der Waals surface area contributed by atoms with Crippen LogP contribution in [-0.4, -0.2) is 18.3 Å². The van der Waals surface area contributed by atoms with E-state index in [4.69, 9.17) is 5.73 Å². The molecule has 1 aromatic rings. The summed E-state index contributed by atoms with van der Waals surface area (Å²) in [6, 6.07) is 8.24. The van der Waals surface area contributed by atoms with Gasteiger partial charge in [-0.3, -0.25) is 0 Å². The van der Waals surface area contributed by atoms with Gasteiger partial charge in [-0.1, -0.05) is 17.7 Å². The van der Waals surface area contributed by atoms with Gasteiger partial charge in [-0.15, -0.1) is 0 Å². The van der Waals surface area contributed by atoms with E-state index in [1.807, 2.05) is 31.2 Å². The highest BCUT2D eigenvalue weighted by molar-refractivity contribution is 5.44. The van der Waals surface area contributed by atoms with Crippen LogP contribution in [0.5, 0.6) is 0 Å². The van der Waals surface area contributed by atoms with Crippen molar-refractivity contribution in [2.45, 2.75) is 44.3 Å². The Bertz CT molecular complexity index is 353.